The smallest absolute Gasteiger partial charge is 0.306 e. The highest BCUT2D eigenvalue weighted by molar-refractivity contribution is 5.69. The Morgan fingerprint density at radius 1 is 1.00 bits per heavy atom. The standard InChI is InChI=1S/C26H46O4/c1-6-22(28)23-20(25(4)12-9-18(27)10-13-25)11-14-26(5)19(7-8-21(23)26)16(2)15-17(3)24(29)30/h16-23,27-28H,6-15H2,1-5H3,(H,29,30)/t16-,17-,18-,19?,20?,21?,22-,23?,25+,26-/m1/s1. The molecule has 174 valence electrons. The van der Waals surface area contributed by atoms with E-state index in [-0.39, 0.29) is 29.0 Å². The number of aliphatic carboxylic acids is 1. The van der Waals surface area contributed by atoms with E-state index in [1.807, 2.05) is 6.92 Å². The molecule has 0 bridgehead atoms. The molecule has 8 atom stereocenters. The Balaban J connectivity index is 1.83. The first kappa shape index (κ1) is 24.0. The van der Waals surface area contributed by atoms with Crippen LogP contribution in [-0.2, 0) is 4.79 Å². The predicted molar refractivity (Wildman–Crippen MR) is 120 cm³/mol. The summed E-state index contributed by atoms with van der Waals surface area (Å²) in [4.78, 5) is 11.4. The molecular weight excluding hydrogens is 376 g/mol. The van der Waals surface area contributed by atoms with E-state index in [2.05, 4.69) is 27.7 Å². The highest BCUT2D eigenvalue weighted by atomic mass is 16.4. The summed E-state index contributed by atoms with van der Waals surface area (Å²) < 4.78 is 0. The van der Waals surface area contributed by atoms with Crippen LogP contribution in [0, 0.1) is 46.3 Å². The van der Waals surface area contributed by atoms with Gasteiger partial charge in [0.15, 0.2) is 0 Å². The van der Waals surface area contributed by atoms with Crippen molar-refractivity contribution >= 4 is 5.97 Å². The van der Waals surface area contributed by atoms with Gasteiger partial charge in [0.2, 0.25) is 0 Å². The lowest BCUT2D eigenvalue weighted by molar-refractivity contribution is -0.142. The predicted octanol–water partition coefficient (Wildman–Crippen LogP) is 5.50. The van der Waals surface area contributed by atoms with Crippen molar-refractivity contribution in [2.24, 2.45) is 46.3 Å². The maximum Gasteiger partial charge on any atom is 0.306 e. The minimum absolute atomic E-state index is 0.144. The zero-order chi connectivity index (χ0) is 22.3. The number of carboxylic acids is 1. The minimum Gasteiger partial charge on any atom is -0.481 e. The number of fused-ring (bicyclic) bond motifs is 1. The molecule has 3 saturated carbocycles. The maximum atomic E-state index is 11.4. The topological polar surface area (TPSA) is 77.8 Å². The van der Waals surface area contributed by atoms with E-state index < -0.39 is 5.97 Å². The summed E-state index contributed by atoms with van der Waals surface area (Å²) in [7, 11) is 0. The van der Waals surface area contributed by atoms with Gasteiger partial charge >= 0.3 is 5.97 Å². The van der Waals surface area contributed by atoms with Crippen molar-refractivity contribution in [3.8, 4) is 0 Å². The average molecular weight is 423 g/mol. The molecule has 0 aromatic carbocycles. The van der Waals surface area contributed by atoms with Crippen LogP contribution < -0.4 is 0 Å². The number of hydrogen-bond donors (Lipinski definition) is 3. The second-order valence-corrected chi connectivity index (χ2v) is 11.8. The van der Waals surface area contributed by atoms with E-state index >= 15 is 0 Å². The Morgan fingerprint density at radius 3 is 2.20 bits per heavy atom. The van der Waals surface area contributed by atoms with E-state index in [0.717, 1.165) is 38.5 Å². The van der Waals surface area contributed by atoms with E-state index in [1.165, 1.54) is 25.7 Å². The molecule has 0 aliphatic heterocycles. The monoisotopic (exact) mass is 422 g/mol. The van der Waals surface area contributed by atoms with Gasteiger partial charge in [-0.1, -0.05) is 34.6 Å². The van der Waals surface area contributed by atoms with Crippen molar-refractivity contribution in [3.05, 3.63) is 0 Å². The van der Waals surface area contributed by atoms with E-state index in [9.17, 15) is 20.1 Å². The molecule has 0 spiro atoms. The van der Waals surface area contributed by atoms with Gasteiger partial charge in [-0.25, -0.2) is 0 Å². The Morgan fingerprint density at radius 2 is 1.63 bits per heavy atom. The third-order valence-corrected chi connectivity index (χ3v) is 10.1. The van der Waals surface area contributed by atoms with Gasteiger partial charge in [-0.2, -0.15) is 0 Å². The van der Waals surface area contributed by atoms with Gasteiger partial charge in [0.25, 0.3) is 0 Å². The first-order chi connectivity index (χ1) is 14.0. The van der Waals surface area contributed by atoms with Gasteiger partial charge in [0.1, 0.15) is 0 Å². The number of carbonyl (C=O) groups is 1. The molecule has 0 amide bonds. The fourth-order valence-electron chi connectivity index (χ4n) is 8.25. The van der Waals surface area contributed by atoms with Crippen LogP contribution in [0.2, 0.25) is 0 Å². The number of rotatable bonds is 7. The molecule has 3 rings (SSSR count). The van der Waals surface area contributed by atoms with Gasteiger partial charge in [0.05, 0.1) is 18.1 Å². The largest absolute Gasteiger partial charge is 0.481 e. The fraction of sp³-hybridized carbons (Fsp3) is 0.962. The van der Waals surface area contributed by atoms with E-state index in [4.69, 9.17) is 0 Å². The van der Waals surface area contributed by atoms with Crippen molar-refractivity contribution in [1.82, 2.24) is 0 Å². The molecule has 3 aliphatic carbocycles. The van der Waals surface area contributed by atoms with Crippen LogP contribution in [-0.4, -0.2) is 33.5 Å². The lowest BCUT2D eigenvalue weighted by atomic mass is 9.49. The molecule has 4 unspecified atom stereocenters. The summed E-state index contributed by atoms with van der Waals surface area (Å²) in [5, 5.41) is 30.7. The Hall–Kier alpha value is -0.610. The first-order valence-corrected chi connectivity index (χ1v) is 12.6. The van der Waals surface area contributed by atoms with Crippen molar-refractivity contribution in [1.29, 1.82) is 0 Å². The van der Waals surface area contributed by atoms with Crippen molar-refractivity contribution < 1.29 is 20.1 Å². The maximum absolute atomic E-state index is 11.4. The molecule has 0 aromatic rings. The van der Waals surface area contributed by atoms with Crippen LogP contribution >= 0.6 is 0 Å². The van der Waals surface area contributed by atoms with Crippen LogP contribution in [0.25, 0.3) is 0 Å². The summed E-state index contributed by atoms with van der Waals surface area (Å²) in [6.07, 6.45) is 9.82. The minimum atomic E-state index is -0.683. The van der Waals surface area contributed by atoms with Crippen molar-refractivity contribution in [2.45, 2.75) is 111 Å². The van der Waals surface area contributed by atoms with Crippen LogP contribution in [0.4, 0.5) is 0 Å². The third kappa shape index (κ3) is 4.33. The van der Waals surface area contributed by atoms with Crippen molar-refractivity contribution in [2.75, 3.05) is 0 Å². The lowest BCUT2D eigenvalue weighted by Crippen LogP contribution is -2.52. The number of aliphatic hydroxyl groups is 2. The molecule has 3 fully saturated rings. The molecule has 4 heteroatoms. The molecule has 0 aromatic heterocycles. The van der Waals surface area contributed by atoms with Crippen LogP contribution in [0.1, 0.15) is 98.8 Å². The Labute approximate surface area is 183 Å². The number of aliphatic hydroxyl groups excluding tert-OH is 2. The van der Waals surface area contributed by atoms with Crippen LogP contribution in [0.5, 0.6) is 0 Å². The Bertz CT molecular complexity index is 596. The van der Waals surface area contributed by atoms with Crippen LogP contribution in [0.15, 0.2) is 0 Å². The second kappa shape index (κ2) is 9.10. The van der Waals surface area contributed by atoms with Crippen molar-refractivity contribution in [3.63, 3.8) is 0 Å². The highest BCUT2D eigenvalue weighted by Crippen LogP contribution is 2.65. The summed E-state index contributed by atoms with van der Waals surface area (Å²) >= 11 is 0. The fourth-order valence-corrected chi connectivity index (χ4v) is 8.25. The van der Waals surface area contributed by atoms with E-state index in [1.54, 1.807) is 0 Å². The van der Waals surface area contributed by atoms with Gasteiger partial charge in [-0.15, -0.1) is 0 Å². The lowest BCUT2D eigenvalue weighted by Gasteiger charge is -2.56. The molecule has 0 radical (unpaired) electrons. The summed E-state index contributed by atoms with van der Waals surface area (Å²) in [5.41, 5.74) is 0.433. The molecular formula is C26H46O4. The SMILES string of the molecule is CC[C@@H](O)C1C2CCC([C@H](C)C[C@@H](C)C(=O)O)[C@@]2(C)CCC1[C@]1(C)CC[C@H](O)CC1. The molecule has 3 N–H and O–H groups in total. The molecule has 30 heavy (non-hydrogen) atoms. The number of carboxylic acid groups (broad SMARTS) is 1. The zero-order valence-corrected chi connectivity index (χ0v) is 19.9. The zero-order valence-electron chi connectivity index (χ0n) is 19.9. The first-order valence-electron chi connectivity index (χ1n) is 12.6. The third-order valence-electron chi connectivity index (χ3n) is 10.1. The molecule has 4 nitrogen and oxygen atoms in total. The van der Waals surface area contributed by atoms with Gasteiger partial charge < -0.3 is 15.3 Å². The molecule has 0 heterocycles. The molecule has 0 saturated heterocycles. The Kier molecular flexibility index (Phi) is 7.29. The molecule has 3 aliphatic rings. The average Bonchev–Trinajstić information content (AvgIpc) is 3.06. The highest BCUT2D eigenvalue weighted by Gasteiger charge is 2.59. The summed E-state index contributed by atoms with van der Waals surface area (Å²) in [5.74, 6) is 1.39. The number of hydrogen-bond acceptors (Lipinski definition) is 3. The quantitative estimate of drug-likeness (QED) is 0.506. The van der Waals surface area contributed by atoms with Gasteiger partial charge in [-0.3, -0.25) is 4.79 Å². The van der Waals surface area contributed by atoms with Gasteiger partial charge in [0, 0.05) is 0 Å². The second-order valence-electron chi connectivity index (χ2n) is 11.8. The normalized spacial score (nSPS) is 44.8. The van der Waals surface area contributed by atoms with Crippen LogP contribution in [0.3, 0.4) is 0 Å². The van der Waals surface area contributed by atoms with E-state index in [0.29, 0.717) is 29.6 Å². The summed E-state index contributed by atoms with van der Waals surface area (Å²) in [6.45, 7) is 11.1. The summed E-state index contributed by atoms with van der Waals surface area (Å²) in [6, 6.07) is 0. The van der Waals surface area contributed by atoms with Gasteiger partial charge in [-0.05, 0) is 105 Å².